The minimum Gasteiger partial charge on any atom is -0.481 e. The van der Waals surface area contributed by atoms with Crippen LogP contribution in [0.1, 0.15) is 19.8 Å². The molecule has 1 fully saturated rings. The maximum atomic E-state index is 11.4. The van der Waals surface area contributed by atoms with Crippen LogP contribution in [0.25, 0.3) is 0 Å². The number of hydrogen-bond acceptors (Lipinski definition) is 3. The van der Waals surface area contributed by atoms with Gasteiger partial charge >= 0.3 is 5.97 Å². The first kappa shape index (κ1) is 12.0. The predicted octanol–water partition coefficient (Wildman–Crippen LogP) is 0.0137. The number of carbonyl (C=O) groups excluding carboxylic acids is 1. The van der Waals surface area contributed by atoms with Crippen LogP contribution in [0.5, 0.6) is 0 Å². The highest BCUT2D eigenvalue weighted by Crippen LogP contribution is 2.10. The van der Waals surface area contributed by atoms with Gasteiger partial charge in [-0.15, -0.1) is 0 Å². The number of likely N-dealkylation sites (N-methyl/N-ethyl adjacent to an activating group) is 1. The lowest BCUT2D eigenvalue weighted by Crippen LogP contribution is -2.51. The number of piperazine rings is 1. The number of aliphatic carboxylic acids is 1. The second kappa shape index (κ2) is 5.11. The van der Waals surface area contributed by atoms with E-state index in [1.165, 1.54) is 0 Å². The molecule has 0 aromatic rings. The van der Waals surface area contributed by atoms with E-state index >= 15 is 0 Å². The Labute approximate surface area is 89.7 Å². The van der Waals surface area contributed by atoms with Gasteiger partial charge in [-0.2, -0.15) is 0 Å². The van der Waals surface area contributed by atoms with Crippen molar-refractivity contribution in [3.63, 3.8) is 0 Å². The first-order valence-corrected chi connectivity index (χ1v) is 5.20. The van der Waals surface area contributed by atoms with Gasteiger partial charge in [0, 0.05) is 32.6 Å². The van der Waals surface area contributed by atoms with Crippen molar-refractivity contribution in [3.8, 4) is 0 Å². The van der Waals surface area contributed by atoms with Crippen molar-refractivity contribution in [1.29, 1.82) is 0 Å². The topological polar surface area (TPSA) is 60.9 Å². The number of rotatable bonds is 4. The average molecular weight is 214 g/mol. The maximum absolute atomic E-state index is 11.4. The average Bonchev–Trinajstić information content (AvgIpc) is 2.18. The molecule has 5 heteroatoms. The molecule has 86 valence electrons. The fourth-order valence-electron chi connectivity index (χ4n) is 1.67. The minimum atomic E-state index is -0.776. The Morgan fingerprint density at radius 3 is 2.73 bits per heavy atom. The predicted molar refractivity (Wildman–Crippen MR) is 55.5 cm³/mol. The molecule has 1 amide bonds. The third kappa shape index (κ3) is 3.51. The lowest BCUT2D eigenvalue weighted by molar-refractivity contribution is -0.137. The highest BCUT2D eigenvalue weighted by Gasteiger charge is 2.24. The molecule has 1 unspecified atom stereocenters. The van der Waals surface area contributed by atoms with E-state index in [0.29, 0.717) is 13.0 Å². The van der Waals surface area contributed by atoms with E-state index in [0.717, 1.165) is 13.1 Å². The van der Waals surface area contributed by atoms with Crippen molar-refractivity contribution >= 4 is 11.9 Å². The minimum absolute atomic E-state index is 0.114. The zero-order valence-electron chi connectivity index (χ0n) is 9.27. The number of hydrogen-bond donors (Lipinski definition) is 1. The van der Waals surface area contributed by atoms with Gasteiger partial charge in [0.15, 0.2) is 0 Å². The summed E-state index contributed by atoms with van der Waals surface area (Å²) in [5.41, 5.74) is 0. The van der Waals surface area contributed by atoms with Gasteiger partial charge in [-0.3, -0.25) is 14.5 Å². The maximum Gasteiger partial charge on any atom is 0.303 e. The molecule has 0 bridgehead atoms. The molecule has 0 radical (unpaired) electrons. The molecular formula is C10H18N2O3. The van der Waals surface area contributed by atoms with E-state index < -0.39 is 5.97 Å². The van der Waals surface area contributed by atoms with Crippen LogP contribution < -0.4 is 0 Å². The van der Waals surface area contributed by atoms with Crippen molar-refractivity contribution in [2.24, 2.45) is 0 Å². The van der Waals surface area contributed by atoms with E-state index in [1.807, 2.05) is 11.8 Å². The number of nitrogens with zero attached hydrogens (tertiary/aromatic N) is 2. The van der Waals surface area contributed by atoms with Crippen LogP contribution in [0.15, 0.2) is 0 Å². The van der Waals surface area contributed by atoms with Crippen LogP contribution >= 0.6 is 0 Å². The molecule has 0 aromatic carbocycles. The number of carboxylic acid groups (broad SMARTS) is 1. The molecule has 1 saturated heterocycles. The van der Waals surface area contributed by atoms with Crippen LogP contribution in [-0.4, -0.2) is 59.5 Å². The van der Waals surface area contributed by atoms with E-state index in [9.17, 15) is 9.59 Å². The Morgan fingerprint density at radius 2 is 2.20 bits per heavy atom. The van der Waals surface area contributed by atoms with Crippen LogP contribution in [-0.2, 0) is 9.59 Å². The Morgan fingerprint density at radius 1 is 1.53 bits per heavy atom. The SMILES string of the molecule is CC(CCC(=O)O)N1CCN(C)C(=O)C1. The molecule has 0 aliphatic carbocycles. The lowest BCUT2D eigenvalue weighted by atomic mass is 10.1. The molecule has 0 saturated carbocycles. The summed E-state index contributed by atoms with van der Waals surface area (Å²) in [4.78, 5) is 25.6. The molecule has 0 aromatic heterocycles. The summed E-state index contributed by atoms with van der Waals surface area (Å²) in [6.07, 6.45) is 0.772. The zero-order chi connectivity index (χ0) is 11.4. The second-order valence-electron chi connectivity index (χ2n) is 4.07. The van der Waals surface area contributed by atoms with Gasteiger partial charge in [-0.05, 0) is 13.3 Å². The molecule has 0 spiro atoms. The Balaban J connectivity index is 2.37. The van der Waals surface area contributed by atoms with Crippen molar-refractivity contribution < 1.29 is 14.7 Å². The number of amides is 1. The van der Waals surface area contributed by atoms with E-state index in [4.69, 9.17) is 5.11 Å². The molecule has 1 aliphatic heterocycles. The number of carbonyl (C=O) groups is 2. The van der Waals surface area contributed by atoms with Gasteiger partial charge in [-0.25, -0.2) is 0 Å². The quantitative estimate of drug-likeness (QED) is 0.716. The van der Waals surface area contributed by atoms with Crippen molar-refractivity contribution in [3.05, 3.63) is 0 Å². The summed E-state index contributed by atoms with van der Waals surface area (Å²) in [6.45, 7) is 3.96. The molecule has 1 rings (SSSR count). The summed E-state index contributed by atoms with van der Waals surface area (Å²) < 4.78 is 0. The molecule has 1 atom stereocenters. The monoisotopic (exact) mass is 214 g/mol. The summed E-state index contributed by atoms with van der Waals surface area (Å²) in [5, 5.41) is 8.56. The highest BCUT2D eigenvalue weighted by molar-refractivity contribution is 5.78. The molecule has 5 nitrogen and oxygen atoms in total. The summed E-state index contributed by atoms with van der Waals surface area (Å²) in [7, 11) is 1.79. The Hall–Kier alpha value is -1.10. The molecular weight excluding hydrogens is 196 g/mol. The fourth-order valence-corrected chi connectivity index (χ4v) is 1.67. The molecule has 1 aliphatic rings. The highest BCUT2D eigenvalue weighted by atomic mass is 16.4. The Bertz CT molecular complexity index is 255. The van der Waals surface area contributed by atoms with Gasteiger partial charge in [0.05, 0.1) is 6.54 Å². The van der Waals surface area contributed by atoms with Gasteiger partial charge in [0.1, 0.15) is 0 Å². The standard InChI is InChI=1S/C10H18N2O3/c1-8(3-4-10(14)15)12-6-5-11(2)9(13)7-12/h8H,3-7H2,1-2H3,(H,14,15). The third-order valence-corrected chi connectivity index (χ3v) is 2.89. The van der Waals surface area contributed by atoms with Crippen LogP contribution in [0, 0.1) is 0 Å². The van der Waals surface area contributed by atoms with Gasteiger partial charge in [0.2, 0.25) is 5.91 Å². The van der Waals surface area contributed by atoms with Gasteiger partial charge < -0.3 is 10.0 Å². The summed E-state index contributed by atoms with van der Waals surface area (Å²) >= 11 is 0. The summed E-state index contributed by atoms with van der Waals surface area (Å²) in [5.74, 6) is -0.661. The second-order valence-corrected chi connectivity index (χ2v) is 4.07. The van der Waals surface area contributed by atoms with E-state index in [1.54, 1.807) is 11.9 Å². The third-order valence-electron chi connectivity index (χ3n) is 2.89. The van der Waals surface area contributed by atoms with Gasteiger partial charge in [-0.1, -0.05) is 0 Å². The molecule has 1 N–H and O–H groups in total. The van der Waals surface area contributed by atoms with E-state index in [-0.39, 0.29) is 18.4 Å². The number of carboxylic acids is 1. The Kier molecular flexibility index (Phi) is 4.08. The van der Waals surface area contributed by atoms with Crippen molar-refractivity contribution in [2.45, 2.75) is 25.8 Å². The smallest absolute Gasteiger partial charge is 0.303 e. The first-order valence-electron chi connectivity index (χ1n) is 5.20. The molecule has 1 heterocycles. The van der Waals surface area contributed by atoms with Crippen LogP contribution in [0.3, 0.4) is 0 Å². The van der Waals surface area contributed by atoms with E-state index in [2.05, 4.69) is 0 Å². The van der Waals surface area contributed by atoms with Crippen molar-refractivity contribution in [1.82, 2.24) is 9.80 Å². The lowest BCUT2D eigenvalue weighted by Gasteiger charge is -2.35. The fraction of sp³-hybridized carbons (Fsp3) is 0.800. The zero-order valence-corrected chi connectivity index (χ0v) is 9.27. The first-order chi connectivity index (χ1) is 7.00. The molecule has 15 heavy (non-hydrogen) atoms. The van der Waals surface area contributed by atoms with Crippen LogP contribution in [0.4, 0.5) is 0 Å². The largest absolute Gasteiger partial charge is 0.481 e. The normalized spacial score (nSPS) is 20.4. The van der Waals surface area contributed by atoms with Crippen LogP contribution in [0.2, 0.25) is 0 Å². The van der Waals surface area contributed by atoms with Gasteiger partial charge in [0.25, 0.3) is 0 Å². The summed E-state index contributed by atoms with van der Waals surface area (Å²) in [6, 6.07) is 0.166. The van der Waals surface area contributed by atoms with Crippen molar-refractivity contribution in [2.75, 3.05) is 26.7 Å².